The molecule has 1 aromatic heterocycles. The molecule has 0 radical (unpaired) electrons. The molecule has 0 unspecified atom stereocenters. The summed E-state index contributed by atoms with van der Waals surface area (Å²) in [5.41, 5.74) is 13.6. The number of nitrogens with zero attached hydrogens (tertiary/aromatic N) is 3. The molecular formula is C44H33N3. The van der Waals surface area contributed by atoms with Crippen molar-refractivity contribution in [3.05, 3.63) is 163 Å². The molecule has 6 aromatic carbocycles. The maximum absolute atomic E-state index is 5.06. The van der Waals surface area contributed by atoms with E-state index in [1.165, 1.54) is 64.6 Å². The average Bonchev–Trinajstić information content (AvgIpc) is 3.76. The highest BCUT2D eigenvalue weighted by atomic mass is 15.0. The molecule has 1 heterocycles. The summed E-state index contributed by atoms with van der Waals surface area (Å²) in [6, 6.07) is 53.9. The van der Waals surface area contributed by atoms with Crippen molar-refractivity contribution in [2.45, 2.75) is 31.1 Å². The summed E-state index contributed by atoms with van der Waals surface area (Å²) in [6.45, 7) is 0. The molecule has 3 nitrogen and oxygen atoms in total. The van der Waals surface area contributed by atoms with Crippen LogP contribution in [0.25, 0.3) is 67.5 Å². The average molecular weight is 604 g/mol. The van der Waals surface area contributed by atoms with Gasteiger partial charge in [-0.2, -0.15) is 0 Å². The van der Waals surface area contributed by atoms with E-state index >= 15 is 0 Å². The fourth-order valence-electron chi connectivity index (χ4n) is 7.78. The summed E-state index contributed by atoms with van der Waals surface area (Å²) < 4.78 is 0. The van der Waals surface area contributed by atoms with Crippen LogP contribution in [0.15, 0.2) is 152 Å². The Morgan fingerprint density at radius 3 is 1.53 bits per heavy atom. The van der Waals surface area contributed by atoms with Gasteiger partial charge in [-0.15, -0.1) is 0 Å². The number of hydrogen-bond acceptors (Lipinski definition) is 3. The van der Waals surface area contributed by atoms with E-state index in [0.717, 1.165) is 22.3 Å². The molecule has 1 spiro atoms. The molecule has 224 valence electrons. The van der Waals surface area contributed by atoms with Crippen molar-refractivity contribution in [1.82, 2.24) is 15.0 Å². The second-order valence-corrected chi connectivity index (χ2v) is 12.8. The van der Waals surface area contributed by atoms with E-state index in [1.54, 1.807) is 0 Å². The maximum Gasteiger partial charge on any atom is 0.164 e. The van der Waals surface area contributed by atoms with Crippen LogP contribution in [0.5, 0.6) is 0 Å². The zero-order valence-electron chi connectivity index (χ0n) is 26.1. The summed E-state index contributed by atoms with van der Waals surface area (Å²) in [5, 5.41) is 0. The second kappa shape index (κ2) is 11.3. The Kier molecular flexibility index (Phi) is 6.64. The number of hydrogen-bond donors (Lipinski definition) is 0. The van der Waals surface area contributed by atoms with Gasteiger partial charge in [0.2, 0.25) is 0 Å². The predicted molar refractivity (Wildman–Crippen MR) is 192 cm³/mol. The number of fused-ring (bicyclic) bond motifs is 5. The minimum Gasteiger partial charge on any atom is -0.208 e. The Bertz CT molecular complexity index is 2230. The highest BCUT2D eigenvalue weighted by Gasteiger charge is 2.44. The minimum absolute atomic E-state index is 0.142. The van der Waals surface area contributed by atoms with E-state index in [2.05, 4.69) is 127 Å². The van der Waals surface area contributed by atoms with Crippen LogP contribution in [-0.4, -0.2) is 15.0 Å². The van der Waals surface area contributed by atoms with Crippen LogP contribution < -0.4 is 0 Å². The van der Waals surface area contributed by atoms with Crippen molar-refractivity contribution in [3.8, 4) is 67.5 Å². The van der Waals surface area contributed by atoms with Gasteiger partial charge in [-0.25, -0.2) is 15.0 Å². The maximum atomic E-state index is 5.06. The molecule has 7 aromatic rings. The fraction of sp³-hybridized carbons (Fsp3) is 0.114. The topological polar surface area (TPSA) is 38.7 Å². The molecule has 2 aliphatic carbocycles. The molecule has 0 atom stereocenters. The van der Waals surface area contributed by atoms with Crippen molar-refractivity contribution in [2.75, 3.05) is 0 Å². The van der Waals surface area contributed by atoms with Gasteiger partial charge >= 0.3 is 0 Å². The lowest BCUT2D eigenvalue weighted by Crippen LogP contribution is -2.20. The summed E-state index contributed by atoms with van der Waals surface area (Å²) in [7, 11) is 0. The van der Waals surface area contributed by atoms with E-state index in [0.29, 0.717) is 17.5 Å². The van der Waals surface area contributed by atoms with E-state index in [-0.39, 0.29) is 5.41 Å². The lowest BCUT2D eigenvalue weighted by Gasteiger charge is -2.27. The van der Waals surface area contributed by atoms with Gasteiger partial charge in [0.15, 0.2) is 17.5 Å². The van der Waals surface area contributed by atoms with E-state index in [1.807, 2.05) is 24.3 Å². The molecule has 0 N–H and O–H groups in total. The molecule has 0 amide bonds. The fourth-order valence-corrected chi connectivity index (χ4v) is 7.78. The zero-order chi connectivity index (χ0) is 31.2. The normalized spacial score (nSPS) is 14.2. The lowest BCUT2D eigenvalue weighted by molar-refractivity contribution is 0.550. The molecule has 0 saturated heterocycles. The second-order valence-electron chi connectivity index (χ2n) is 12.8. The van der Waals surface area contributed by atoms with Crippen LogP contribution in [0, 0.1) is 0 Å². The highest BCUT2D eigenvalue weighted by Crippen LogP contribution is 2.57. The first kappa shape index (κ1) is 27.6. The van der Waals surface area contributed by atoms with Crippen LogP contribution in [0.4, 0.5) is 0 Å². The molecule has 0 aliphatic heterocycles. The van der Waals surface area contributed by atoms with Crippen LogP contribution >= 0.6 is 0 Å². The molecule has 9 rings (SSSR count). The Labute approximate surface area is 275 Å². The molecule has 47 heavy (non-hydrogen) atoms. The third-order valence-electron chi connectivity index (χ3n) is 10.1. The standard InChI is InChI=1S/C44H33N3/c1-3-12-30(13-4-1)31-20-22-33(23-21-31)42-45-41(32-14-5-2-6-15-32)46-43(47-42)36-17-11-16-34(28-36)35-24-25-38-37-18-7-8-19-39(37)44(40(38)29-35)26-9-10-27-44/h1-8,11-25,28-29H,9-10,26-27H2. The quantitative estimate of drug-likeness (QED) is 0.196. The van der Waals surface area contributed by atoms with Crippen molar-refractivity contribution < 1.29 is 0 Å². The highest BCUT2D eigenvalue weighted by molar-refractivity contribution is 5.84. The van der Waals surface area contributed by atoms with Gasteiger partial charge in [-0.05, 0) is 69.5 Å². The zero-order valence-corrected chi connectivity index (χ0v) is 26.1. The molecule has 1 saturated carbocycles. The Hall–Kier alpha value is -5.67. The Balaban J connectivity index is 1.13. The van der Waals surface area contributed by atoms with E-state index < -0.39 is 0 Å². The van der Waals surface area contributed by atoms with Crippen molar-refractivity contribution in [3.63, 3.8) is 0 Å². The monoisotopic (exact) mass is 603 g/mol. The van der Waals surface area contributed by atoms with Crippen LogP contribution in [0.1, 0.15) is 36.8 Å². The van der Waals surface area contributed by atoms with Crippen molar-refractivity contribution in [2.24, 2.45) is 0 Å². The van der Waals surface area contributed by atoms with E-state index in [9.17, 15) is 0 Å². The largest absolute Gasteiger partial charge is 0.208 e. The number of aromatic nitrogens is 3. The van der Waals surface area contributed by atoms with Crippen molar-refractivity contribution in [1.29, 1.82) is 0 Å². The summed E-state index contributed by atoms with van der Waals surface area (Å²) in [4.78, 5) is 15.0. The summed E-state index contributed by atoms with van der Waals surface area (Å²) in [6.07, 6.45) is 5.02. The van der Waals surface area contributed by atoms with Gasteiger partial charge < -0.3 is 0 Å². The van der Waals surface area contributed by atoms with Crippen LogP contribution in [0.2, 0.25) is 0 Å². The third kappa shape index (κ3) is 4.78. The summed E-state index contributed by atoms with van der Waals surface area (Å²) >= 11 is 0. The predicted octanol–water partition coefficient (Wildman–Crippen LogP) is 11.0. The van der Waals surface area contributed by atoms with Crippen LogP contribution in [0.3, 0.4) is 0 Å². The van der Waals surface area contributed by atoms with Gasteiger partial charge in [0.1, 0.15) is 0 Å². The molecule has 3 heteroatoms. The number of rotatable bonds is 5. The Morgan fingerprint density at radius 2 is 0.809 bits per heavy atom. The van der Waals surface area contributed by atoms with Gasteiger partial charge in [0.25, 0.3) is 0 Å². The Morgan fingerprint density at radius 1 is 0.340 bits per heavy atom. The molecule has 0 bridgehead atoms. The number of benzene rings is 6. The van der Waals surface area contributed by atoms with E-state index in [4.69, 9.17) is 15.0 Å². The molecule has 2 aliphatic rings. The van der Waals surface area contributed by atoms with Crippen molar-refractivity contribution >= 4 is 0 Å². The third-order valence-corrected chi connectivity index (χ3v) is 10.1. The first-order valence-corrected chi connectivity index (χ1v) is 16.6. The van der Waals surface area contributed by atoms with Gasteiger partial charge in [-0.1, -0.05) is 152 Å². The minimum atomic E-state index is 0.142. The van der Waals surface area contributed by atoms with Gasteiger partial charge in [0.05, 0.1) is 0 Å². The SMILES string of the molecule is c1ccc(-c2ccc(-c3nc(-c4ccccc4)nc(-c4cccc(-c5ccc6c(c5)C5(CCCC5)c5ccccc5-6)c4)n3)cc2)cc1. The smallest absolute Gasteiger partial charge is 0.164 e. The lowest BCUT2D eigenvalue weighted by atomic mass is 9.76. The first-order valence-electron chi connectivity index (χ1n) is 16.6. The van der Waals surface area contributed by atoms with Gasteiger partial charge in [0, 0.05) is 22.1 Å². The van der Waals surface area contributed by atoms with Gasteiger partial charge in [-0.3, -0.25) is 0 Å². The summed E-state index contributed by atoms with van der Waals surface area (Å²) in [5.74, 6) is 2.00. The molecule has 1 fully saturated rings. The van der Waals surface area contributed by atoms with Crippen LogP contribution in [-0.2, 0) is 5.41 Å². The first-order chi connectivity index (χ1) is 23.2. The molecular weight excluding hydrogens is 571 g/mol.